The van der Waals surface area contributed by atoms with Crippen molar-refractivity contribution in [3.05, 3.63) is 24.0 Å². The highest BCUT2D eigenvalue weighted by Crippen LogP contribution is 2.28. The maximum atomic E-state index is 4.25. The van der Waals surface area contributed by atoms with Gasteiger partial charge in [-0.2, -0.15) is 0 Å². The van der Waals surface area contributed by atoms with Gasteiger partial charge in [0, 0.05) is 25.8 Å². The van der Waals surface area contributed by atoms with Crippen molar-refractivity contribution in [2.45, 2.75) is 38.3 Å². The lowest BCUT2D eigenvalue weighted by molar-refractivity contribution is 0.647. The first-order chi connectivity index (χ1) is 7.83. The van der Waals surface area contributed by atoms with E-state index in [1.165, 1.54) is 36.9 Å². The molecule has 0 amide bonds. The molecule has 0 aliphatic heterocycles. The number of hydrogen-bond acceptors (Lipinski definition) is 3. The smallest absolute Gasteiger partial charge is 0.0598 e. The van der Waals surface area contributed by atoms with E-state index >= 15 is 0 Å². The third-order valence-electron chi connectivity index (χ3n) is 3.51. The summed E-state index contributed by atoms with van der Waals surface area (Å²) in [5.41, 5.74) is 2.62. The van der Waals surface area contributed by atoms with Crippen LogP contribution in [0.4, 0.5) is 5.69 Å². The molecule has 0 radical (unpaired) electrons. The molecule has 1 heterocycles. The van der Waals surface area contributed by atoms with Crippen LogP contribution in [0.3, 0.4) is 0 Å². The summed E-state index contributed by atoms with van der Waals surface area (Å²) in [6.45, 7) is 0.912. The minimum Gasteiger partial charge on any atom is -0.370 e. The van der Waals surface area contributed by atoms with E-state index < -0.39 is 0 Å². The van der Waals surface area contributed by atoms with Gasteiger partial charge in [0.2, 0.25) is 0 Å². The standard InChI is InChI=1S/C13H21N3/c1-14-9-11-7-8-15-10-13(11)16(2)12-5-3-4-6-12/h7-8,10,12,14H,3-6,9H2,1-2H3. The maximum Gasteiger partial charge on any atom is 0.0598 e. The average Bonchev–Trinajstić information content (AvgIpc) is 2.83. The van der Waals surface area contributed by atoms with E-state index in [0.29, 0.717) is 6.04 Å². The van der Waals surface area contributed by atoms with Crippen LogP contribution >= 0.6 is 0 Å². The fourth-order valence-corrected chi connectivity index (χ4v) is 2.56. The molecule has 0 bridgehead atoms. The number of hydrogen-bond donors (Lipinski definition) is 1. The molecule has 0 saturated heterocycles. The normalized spacial score (nSPS) is 16.6. The molecule has 1 aromatic heterocycles. The van der Waals surface area contributed by atoms with Crippen molar-refractivity contribution in [1.29, 1.82) is 0 Å². The number of anilines is 1. The van der Waals surface area contributed by atoms with E-state index in [9.17, 15) is 0 Å². The lowest BCUT2D eigenvalue weighted by atomic mass is 10.1. The van der Waals surface area contributed by atoms with Crippen LogP contribution in [0, 0.1) is 0 Å². The first-order valence-corrected chi connectivity index (χ1v) is 6.13. The van der Waals surface area contributed by atoms with Crippen molar-refractivity contribution in [3.8, 4) is 0 Å². The van der Waals surface area contributed by atoms with Gasteiger partial charge in [-0.3, -0.25) is 4.98 Å². The zero-order valence-electron chi connectivity index (χ0n) is 10.2. The van der Waals surface area contributed by atoms with Gasteiger partial charge in [-0.05, 0) is 31.5 Å². The van der Waals surface area contributed by atoms with Crippen LogP contribution in [-0.4, -0.2) is 25.1 Å². The highest BCUT2D eigenvalue weighted by molar-refractivity contribution is 5.52. The molecule has 0 atom stereocenters. The Morgan fingerprint density at radius 3 is 2.88 bits per heavy atom. The summed E-state index contributed by atoms with van der Waals surface area (Å²) in [5.74, 6) is 0. The monoisotopic (exact) mass is 219 g/mol. The molecule has 1 aliphatic carbocycles. The van der Waals surface area contributed by atoms with Gasteiger partial charge < -0.3 is 10.2 Å². The zero-order valence-corrected chi connectivity index (χ0v) is 10.2. The molecule has 3 heteroatoms. The fraction of sp³-hybridized carbons (Fsp3) is 0.615. The molecule has 1 saturated carbocycles. The minimum atomic E-state index is 0.708. The molecule has 0 spiro atoms. The van der Waals surface area contributed by atoms with Crippen LogP contribution in [0.2, 0.25) is 0 Å². The summed E-state index contributed by atoms with van der Waals surface area (Å²) in [6.07, 6.45) is 9.26. The van der Waals surface area contributed by atoms with Crippen LogP contribution in [0.5, 0.6) is 0 Å². The minimum absolute atomic E-state index is 0.708. The van der Waals surface area contributed by atoms with Crippen LogP contribution in [0.15, 0.2) is 18.5 Å². The molecule has 0 aromatic carbocycles. The van der Waals surface area contributed by atoms with Gasteiger partial charge in [-0.1, -0.05) is 12.8 Å². The Balaban J connectivity index is 2.17. The number of nitrogens with one attached hydrogen (secondary N) is 1. The third-order valence-corrected chi connectivity index (χ3v) is 3.51. The molecule has 3 nitrogen and oxygen atoms in total. The largest absolute Gasteiger partial charge is 0.370 e. The maximum absolute atomic E-state index is 4.25. The van der Waals surface area contributed by atoms with Crippen molar-refractivity contribution in [1.82, 2.24) is 10.3 Å². The first kappa shape index (κ1) is 11.4. The number of rotatable bonds is 4. The lowest BCUT2D eigenvalue weighted by Gasteiger charge is -2.28. The topological polar surface area (TPSA) is 28.2 Å². The molecule has 16 heavy (non-hydrogen) atoms. The van der Waals surface area contributed by atoms with Crippen LogP contribution in [0.1, 0.15) is 31.2 Å². The predicted molar refractivity (Wildman–Crippen MR) is 67.7 cm³/mol. The quantitative estimate of drug-likeness (QED) is 0.841. The van der Waals surface area contributed by atoms with Crippen molar-refractivity contribution in [2.75, 3.05) is 19.0 Å². The van der Waals surface area contributed by atoms with Crippen LogP contribution < -0.4 is 10.2 Å². The summed E-state index contributed by atoms with van der Waals surface area (Å²) >= 11 is 0. The molecule has 2 rings (SSSR count). The Hall–Kier alpha value is -1.09. The van der Waals surface area contributed by atoms with Gasteiger partial charge in [0.05, 0.1) is 11.9 Å². The molecule has 1 aromatic rings. The summed E-state index contributed by atoms with van der Waals surface area (Å²) in [6, 6.07) is 2.82. The SMILES string of the molecule is CNCc1ccncc1N(C)C1CCCC1. The van der Waals surface area contributed by atoms with Gasteiger partial charge in [0.1, 0.15) is 0 Å². The predicted octanol–water partition coefficient (Wildman–Crippen LogP) is 2.18. The van der Waals surface area contributed by atoms with Crippen molar-refractivity contribution in [2.24, 2.45) is 0 Å². The third kappa shape index (κ3) is 2.35. The summed E-state index contributed by atoms with van der Waals surface area (Å²) < 4.78 is 0. The lowest BCUT2D eigenvalue weighted by Crippen LogP contribution is -2.30. The molecule has 0 unspecified atom stereocenters. The van der Waals surface area contributed by atoms with Crippen molar-refractivity contribution in [3.63, 3.8) is 0 Å². The van der Waals surface area contributed by atoms with E-state index in [2.05, 4.69) is 28.3 Å². The van der Waals surface area contributed by atoms with E-state index in [4.69, 9.17) is 0 Å². The second kappa shape index (κ2) is 5.30. The van der Waals surface area contributed by atoms with Crippen molar-refractivity contribution >= 4 is 5.69 Å². The summed E-state index contributed by atoms with van der Waals surface area (Å²) in [5, 5.41) is 3.22. The highest BCUT2D eigenvalue weighted by Gasteiger charge is 2.21. The molecule has 1 aliphatic rings. The average molecular weight is 219 g/mol. The molecular weight excluding hydrogens is 198 g/mol. The number of pyridine rings is 1. The Labute approximate surface area is 97.9 Å². The van der Waals surface area contributed by atoms with E-state index in [0.717, 1.165) is 6.54 Å². The molecule has 1 N–H and O–H groups in total. The van der Waals surface area contributed by atoms with Crippen LogP contribution in [0.25, 0.3) is 0 Å². The molecule has 88 valence electrons. The first-order valence-electron chi connectivity index (χ1n) is 6.13. The Bertz CT molecular complexity index is 332. The fourth-order valence-electron chi connectivity index (χ4n) is 2.56. The Kier molecular flexibility index (Phi) is 3.78. The van der Waals surface area contributed by atoms with E-state index in [1.54, 1.807) is 0 Å². The second-order valence-corrected chi connectivity index (χ2v) is 4.58. The molecular formula is C13H21N3. The number of nitrogens with zero attached hydrogens (tertiary/aromatic N) is 2. The summed E-state index contributed by atoms with van der Waals surface area (Å²) in [4.78, 5) is 6.66. The van der Waals surface area contributed by atoms with Gasteiger partial charge >= 0.3 is 0 Å². The zero-order chi connectivity index (χ0) is 11.4. The highest BCUT2D eigenvalue weighted by atomic mass is 15.1. The number of aromatic nitrogens is 1. The van der Waals surface area contributed by atoms with Crippen LogP contribution in [-0.2, 0) is 6.54 Å². The van der Waals surface area contributed by atoms with Gasteiger partial charge in [0.25, 0.3) is 0 Å². The summed E-state index contributed by atoms with van der Waals surface area (Å²) in [7, 11) is 4.19. The van der Waals surface area contributed by atoms with E-state index in [-0.39, 0.29) is 0 Å². The van der Waals surface area contributed by atoms with E-state index in [1.807, 2.05) is 19.4 Å². The van der Waals surface area contributed by atoms with Gasteiger partial charge in [-0.15, -0.1) is 0 Å². The van der Waals surface area contributed by atoms with Crippen molar-refractivity contribution < 1.29 is 0 Å². The molecule has 1 fully saturated rings. The Morgan fingerprint density at radius 1 is 1.44 bits per heavy atom. The van der Waals surface area contributed by atoms with Gasteiger partial charge in [-0.25, -0.2) is 0 Å². The van der Waals surface area contributed by atoms with Gasteiger partial charge in [0.15, 0.2) is 0 Å². The Morgan fingerprint density at radius 2 is 2.19 bits per heavy atom. The second-order valence-electron chi connectivity index (χ2n) is 4.58.